The Labute approximate surface area is 205 Å². The average molecular weight is 458 g/mol. The highest BCUT2D eigenvalue weighted by atomic mass is 16.2. The fourth-order valence-electron chi connectivity index (χ4n) is 4.14. The lowest BCUT2D eigenvalue weighted by Crippen LogP contribution is -2.35. The molecule has 0 radical (unpaired) electrons. The molecule has 0 unspecified atom stereocenters. The molecule has 0 aliphatic rings. The van der Waals surface area contributed by atoms with E-state index in [2.05, 4.69) is 99.4 Å². The van der Waals surface area contributed by atoms with E-state index in [0.29, 0.717) is 18.4 Å². The van der Waals surface area contributed by atoms with Gasteiger partial charge in [-0.25, -0.2) is 4.79 Å². The number of benzene rings is 3. The Balaban J connectivity index is 1.98. The number of carbonyl (C=O) groups is 1. The van der Waals surface area contributed by atoms with Crippen molar-refractivity contribution in [2.75, 3.05) is 29.2 Å². The number of aryl methyl sites for hydroxylation is 1. The third kappa shape index (κ3) is 5.99. The molecule has 4 heteroatoms. The Morgan fingerprint density at radius 1 is 0.765 bits per heavy atom. The lowest BCUT2D eigenvalue weighted by Gasteiger charge is -2.27. The number of anilines is 3. The number of nitrogens with one attached hydrogen (secondary N) is 1. The summed E-state index contributed by atoms with van der Waals surface area (Å²) in [6, 6.07) is 22.9. The van der Waals surface area contributed by atoms with Crippen LogP contribution in [0.5, 0.6) is 0 Å². The summed E-state index contributed by atoms with van der Waals surface area (Å²) in [7, 11) is 4.06. The molecule has 180 valence electrons. The minimum absolute atomic E-state index is 0.115. The number of hydrogen-bond acceptors (Lipinski definition) is 2. The number of rotatable bonds is 8. The van der Waals surface area contributed by atoms with Gasteiger partial charge in [-0.2, -0.15) is 0 Å². The minimum Gasteiger partial charge on any atom is -0.378 e. The van der Waals surface area contributed by atoms with E-state index < -0.39 is 0 Å². The molecule has 2 amide bonds. The fourth-order valence-corrected chi connectivity index (χ4v) is 4.14. The van der Waals surface area contributed by atoms with E-state index in [4.69, 9.17) is 0 Å². The topological polar surface area (TPSA) is 35.6 Å². The van der Waals surface area contributed by atoms with Crippen molar-refractivity contribution in [2.24, 2.45) is 0 Å². The molecule has 0 heterocycles. The highest BCUT2D eigenvalue weighted by molar-refractivity contribution is 6.02. The van der Waals surface area contributed by atoms with Crippen LogP contribution in [0.25, 0.3) is 0 Å². The summed E-state index contributed by atoms with van der Waals surface area (Å²) in [5.74, 6) is 0.620. The maximum Gasteiger partial charge on any atom is 0.326 e. The summed E-state index contributed by atoms with van der Waals surface area (Å²) >= 11 is 0. The molecule has 4 nitrogen and oxygen atoms in total. The zero-order valence-electron chi connectivity index (χ0n) is 21.7. The zero-order chi connectivity index (χ0) is 24.8. The Morgan fingerprint density at radius 3 is 1.74 bits per heavy atom. The summed E-state index contributed by atoms with van der Waals surface area (Å²) in [4.78, 5) is 17.7. The maximum atomic E-state index is 13.8. The van der Waals surface area contributed by atoms with Crippen molar-refractivity contribution in [3.8, 4) is 0 Å². The van der Waals surface area contributed by atoms with Gasteiger partial charge in [0.2, 0.25) is 0 Å². The van der Waals surface area contributed by atoms with Crippen LogP contribution < -0.4 is 15.1 Å². The second-order valence-corrected chi connectivity index (χ2v) is 9.72. The molecular weight excluding hydrogens is 418 g/mol. The maximum absolute atomic E-state index is 13.8. The van der Waals surface area contributed by atoms with E-state index in [1.165, 1.54) is 5.56 Å². The molecule has 1 N–H and O–H groups in total. The van der Waals surface area contributed by atoms with Gasteiger partial charge in [0, 0.05) is 31.2 Å². The van der Waals surface area contributed by atoms with Crippen molar-refractivity contribution >= 4 is 23.1 Å². The van der Waals surface area contributed by atoms with Crippen LogP contribution in [0.2, 0.25) is 0 Å². The SMILES string of the molecule is CCc1ccc(N(Cc2ccc(N(C)C)cc2)C(=O)Nc2c(C(C)C)cccc2C(C)C)cc1. The van der Waals surface area contributed by atoms with Gasteiger partial charge in [0.05, 0.1) is 6.54 Å². The van der Waals surface area contributed by atoms with Crippen LogP contribution in [0, 0.1) is 0 Å². The molecule has 0 aromatic heterocycles. The van der Waals surface area contributed by atoms with Crippen molar-refractivity contribution in [3.63, 3.8) is 0 Å². The van der Waals surface area contributed by atoms with Gasteiger partial charge in [0.1, 0.15) is 0 Å². The van der Waals surface area contributed by atoms with Gasteiger partial charge in [0.15, 0.2) is 0 Å². The molecule has 0 aliphatic carbocycles. The fraction of sp³-hybridized carbons (Fsp3) is 0.367. The van der Waals surface area contributed by atoms with E-state index in [9.17, 15) is 4.79 Å². The van der Waals surface area contributed by atoms with Gasteiger partial charge in [-0.1, -0.05) is 77.1 Å². The van der Waals surface area contributed by atoms with E-state index in [0.717, 1.165) is 40.2 Å². The monoisotopic (exact) mass is 457 g/mol. The summed E-state index contributed by atoms with van der Waals surface area (Å²) in [5.41, 5.74) is 7.63. The predicted molar refractivity (Wildman–Crippen MR) is 146 cm³/mol. The number of nitrogens with zero attached hydrogens (tertiary/aromatic N) is 2. The molecule has 0 aliphatic heterocycles. The molecule has 0 fully saturated rings. The van der Waals surface area contributed by atoms with Crippen molar-refractivity contribution in [3.05, 3.63) is 89.0 Å². The first-order valence-electron chi connectivity index (χ1n) is 12.3. The summed E-state index contributed by atoms with van der Waals surface area (Å²) < 4.78 is 0. The normalized spacial score (nSPS) is 11.1. The Bertz CT molecular complexity index is 1060. The van der Waals surface area contributed by atoms with Crippen LogP contribution >= 0.6 is 0 Å². The van der Waals surface area contributed by atoms with Crippen LogP contribution in [-0.4, -0.2) is 20.1 Å². The van der Waals surface area contributed by atoms with Crippen molar-refractivity contribution in [2.45, 2.75) is 59.4 Å². The highest BCUT2D eigenvalue weighted by Gasteiger charge is 2.21. The molecular formula is C30H39N3O. The summed E-state index contributed by atoms with van der Waals surface area (Å²) in [6.07, 6.45) is 0.970. The van der Waals surface area contributed by atoms with Gasteiger partial charge in [-0.15, -0.1) is 0 Å². The van der Waals surface area contributed by atoms with E-state index in [1.807, 2.05) is 31.1 Å². The first-order valence-corrected chi connectivity index (χ1v) is 12.3. The summed E-state index contributed by atoms with van der Waals surface area (Å²) in [6.45, 7) is 11.3. The number of para-hydroxylation sites is 1. The minimum atomic E-state index is -0.115. The molecule has 34 heavy (non-hydrogen) atoms. The number of hydrogen-bond donors (Lipinski definition) is 1. The van der Waals surface area contributed by atoms with Crippen LogP contribution in [-0.2, 0) is 13.0 Å². The first-order chi connectivity index (χ1) is 16.2. The van der Waals surface area contributed by atoms with E-state index >= 15 is 0 Å². The highest BCUT2D eigenvalue weighted by Crippen LogP contribution is 2.33. The Kier molecular flexibility index (Phi) is 8.38. The van der Waals surface area contributed by atoms with E-state index in [1.54, 1.807) is 0 Å². The third-order valence-electron chi connectivity index (χ3n) is 6.30. The smallest absolute Gasteiger partial charge is 0.326 e. The Hall–Kier alpha value is -3.27. The van der Waals surface area contributed by atoms with Gasteiger partial charge in [-0.05, 0) is 64.8 Å². The molecule has 3 rings (SSSR count). The quantitative estimate of drug-likeness (QED) is 0.374. The van der Waals surface area contributed by atoms with Crippen LogP contribution in [0.1, 0.15) is 68.7 Å². The molecule has 3 aromatic rings. The van der Waals surface area contributed by atoms with Crippen LogP contribution in [0.4, 0.5) is 21.9 Å². The van der Waals surface area contributed by atoms with Gasteiger partial charge in [-0.3, -0.25) is 4.90 Å². The van der Waals surface area contributed by atoms with E-state index in [-0.39, 0.29) is 6.03 Å². The zero-order valence-corrected chi connectivity index (χ0v) is 21.7. The lowest BCUT2D eigenvalue weighted by atomic mass is 9.93. The van der Waals surface area contributed by atoms with Crippen molar-refractivity contribution in [1.82, 2.24) is 0 Å². The summed E-state index contributed by atoms with van der Waals surface area (Å²) in [5, 5.41) is 3.30. The molecule has 0 atom stereocenters. The second kappa shape index (κ2) is 11.2. The molecule has 0 saturated heterocycles. The average Bonchev–Trinajstić information content (AvgIpc) is 2.82. The number of amides is 2. The van der Waals surface area contributed by atoms with Crippen molar-refractivity contribution in [1.29, 1.82) is 0 Å². The van der Waals surface area contributed by atoms with Crippen molar-refractivity contribution < 1.29 is 4.79 Å². The standard InChI is InChI=1S/C30H39N3O/c1-8-23-12-18-26(19-13-23)33(20-24-14-16-25(17-15-24)32(6)7)30(34)31-29-27(21(2)3)10-9-11-28(29)22(4)5/h9-19,21-22H,8,20H2,1-7H3,(H,31,34). The lowest BCUT2D eigenvalue weighted by molar-refractivity contribution is 0.256. The third-order valence-corrected chi connectivity index (χ3v) is 6.30. The van der Waals surface area contributed by atoms with Gasteiger partial charge < -0.3 is 10.2 Å². The molecule has 3 aromatic carbocycles. The van der Waals surface area contributed by atoms with Gasteiger partial charge >= 0.3 is 6.03 Å². The van der Waals surface area contributed by atoms with Crippen LogP contribution in [0.3, 0.4) is 0 Å². The molecule has 0 saturated carbocycles. The molecule has 0 spiro atoms. The number of urea groups is 1. The largest absolute Gasteiger partial charge is 0.378 e. The first kappa shape index (κ1) is 25.4. The second-order valence-electron chi connectivity index (χ2n) is 9.72. The van der Waals surface area contributed by atoms with Gasteiger partial charge in [0.25, 0.3) is 0 Å². The molecule has 0 bridgehead atoms. The Morgan fingerprint density at radius 2 is 1.26 bits per heavy atom. The number of carbonyl (C=O) groups excluding carboxylic acids is 1. The van der Waals surface area contributed by atoms with Crippen LogP contribution in [0.15, 0.2) is 66.7 Å². The predicted octanol–water partition coefficient (Wildman–Crippen LogP) is 7.80.